The molecule has 6 rings (SSSR count). The van der Waals surface area contributed by atoms with Gasteiger partial charge in [0.05, 0.1) is 37.7 Å². The SMILES string of the molecule is COc1cc(C)cc2c1C(=O)C(c1c(C)cc3c(c1OC)C(=O)C(Nc1ccc(O[C@H]4O[C@H](CO)[C@@H](O)[C@H](O)[C@@H]4O)cc1)=CC3=O)=CC2=O. The summed E-state index contributed by atoms with van der Waals surface area (Å²) >= 11 is 0. The molecule has 254 valence electrons. The maximum absolute atomic E-state index is 14.0. The van der Waals surface area contributed by atoms with E-state index in [0.717, 1.165) is 11.6 Å². The van der Waals surface area contributed by atoms with Crippen LogP contribution in [0.5, 0.6) is 17.2 Å². The molecular weight excluding hydrogens is 638 g/mol. The highest BCUT2D eigenvalue weighted by molar-refractivity contribution is 6.40. The maximum atomic E-state index is 14.0. The summed E-state index contributed by atoms with van der Waals surface area (Å²) in [6, 6.07) is 10.8. The van der Waals surface area contributed by atoms with Crippen LogP contribution in [0.2, 0.25) is 0 Å². The minimum Gasteiger partial charge on any atom is -0.496 e. The predicted octanol–water partition coefficient (Wildman–Crippen LogP) is 2.34. The van der Waals surface area contributed by atoms with Crippen molar-refractivity contribution in [2.45, 2.75) is 44.6 Å². The van der Waals surface area contributed by atoms with Crippen LogP contribution in [0.1, 0.15) is 58.1 Å². The third-order valence-corrected chi connectivity index (χ3v) is 8.68. The number of carbonyl (C=O) groups excluding carboxylic acids is 4. The molecule has 3 aromatic rings. The molecule has 2 aliphatic carbocycles. The minimum absolute atomic E-state index is 0.00361. The number of hydrogen-bond donors (Lipinski definition) is 5. The van der Waals surface area contributed by atoms with E-state index in [1.807, 2.05) is 0 Å². The molecule has 0 unspecified atom stereocenters. The second-order valence-electron chi connectivity index (χ2n) is 11.9. The molecule has 0 spiro atoms. The summed E-state index contributed by atoms with van der Waals surface area (Å²) in [5.41, 5.74) is 1.95. The van der Waals surface area contributed by atoms with Crippen LogP contribution in [0.4, 0.5) is 5.69 Å². The molecule has 1 aliphatic heterocycles. The van der Waals surface area contributed by atoms with Gasteiger partial charge in [-0.1, -0.05) is 0 Å². The molecule has 0 saturated carbocycles. The van der Waals surface area contributed by atoms with Crippen molar-refractivity contribution in [3.8, 4) is 17.2 Å². The van der Waals surface area contributed by atoms with Crippen molar-refractivity contribution in [3.63, 3.8) is 0 Å². The molecule has 1 saturated heterocycles. The molecule has 3 aliphatic rings. The number of nitrogens with one attached hydrogen (secondary N) is 1. The van der Waals surface area contributed by atoms with Crippen molar-refractivity contribution in [3.05, 3.63) is 99.3 Å². The second-order valence-corrected chi connectivity index (χ2v) is 11.9. The van der Waals surface area contributed by atoms with E-state index in [1.165, 1.54) is 50.6 Å². The van der Waals surface area contributed by atoms with Gasteiger partial charge in [-0.15, -0.1) is 0 Å². The molecule has 1 heterocycles. The van der Waals surface area contributed by atoms with Gasteiger partial charge in [0.1, 0.15) is 41.7 Å². The molecule has 0 amide bonds. The number of aryl methyl sites for hydroxylation is 2. The minimum atomic E-state index is -1.61. The Morgan fingerprint density at radius 1 is 0.776 bits per heavy atom. The monoisotopic (exact) mass is 671 g/mol. The van der Waals surface area contributed by atoms with Crippen LogP contribution in [-0.4, -0.2) is 95.1 Å². The quantitative estimate of drug-likeness (QED) is 0.234. The Bertz CT molecular complexity index is 1960. The number of ether oxygens (including phenoxy) is 4. The molecular formula is C36H33NO12. The third kappa shape index (κ3) is 5.81. The lowest BCUT2D eigenvalue weighted by atomic mass is 9.80. The van der Waals surface area contributed by atoms with E-state index < -0.39 is 60.4 Å². The number of aliphatic hydroxyl groups is 4. The van der Waals surface area contributed by atoms with Crippen LogP contribution >= 0.6 is 0 Å². The van der Waals surface area contributed by atoms with Crippen LogP contribution in [0.15, 0.2) is 60.3 Å². The van der Waals surface area contributed by atoms with Gasteiger partial charge in [-0.2, -0.15) is 0 Å². The van der Waals surface area contributed by atoms with E-state index in [-0.39, 0.29) is 56.3 Å². The van der Waals surface area contributed by atoms with Crippen molar-refractivity contribution in [1.29, 1.82) is 0 Å². The van der Waals surface area contributed by atoms with Crippen LogP contribution in [0.25, 0.3) is 5.57 Å². The lowest BCUT2D eigenvalue weighted by Crippen LogP contribution is -2.60. The molecule has 0 aromatic heterocycles. The lowest BCUT2D eigenvalue weighted by molar-refractivity contribution is -0.277. The van der Waals surface area contributed by atoms with Gasteiger partial charge >= 0.3 is 0 Å². The van der Waals surface area contributed by atoms with Crippen LogP contribution in [-0.2, 0) is 4.74 Å². The number of rotatable bonds is 8. The first-order valence-corrected chi connectivity index (χ1v) is 15.2. The van der Waals surface area contributed by atoms with Gasteiger partial charge in [-0.05, 0) is 73.5 Å². The summed E-state index contributed by atoms with van der Waals surface area (Å²) in [4.78, 5) is 54.5. The fourth-order valence-corrected chi connectivity index (χ4v) is 6.26. The van der Waals surface area contributed by atoms with E-state index in [1.54, 1.807) is 26.0 Å². The number of hydrogen-bond acceptors (Lipinski definition) is 13. The number of Topliss-reactive ketones (excluding diaryl/α,β-unsaturated/α-hetero) is 2. The average molecular weight is 672 g/mol. The molecule has 5 N–H and O–H groups in total. The number of fused-ring (bicyclic) bond motifs is 2. The number of carbonyl (C=O) groups is 4. The zero-order chi connectivity index (χ0) is 35.3. The smallest absolute Gasteiger partial charge is 0.229 e. The van der Waals surface area contributed by atoms with E-state index in [4.69, 9.17) is 18.9 Å². The molecule has 1 fully saturated rings. The van der Waals surface area contributed by atoms with Gasteiger partial charge in [0.25, 0.3) is 0 Å². The highest BCUT2D eigenvalue weighted by Gasteiger charge is 2.45. The molecule has 0 bridgehead atoms. The zero-order valence-corrected chi connectivity index (χ0v) is 26.8. The van der Waals surface area contributed by atoms with Crippen molar-refractivity contribution < 1.29 is 58.6 Å². The van der Waals surface area contributed by atoms with Gasteiger partial charge in [0.2, 0.25) is 12.1 Å². The highest BCUT2D eigenvalue weighted by atomic mass is 16.7. The fourth-order valence-electron chi connectivity index (χ4n) is 6.26. The number of ketones is 4. The van der Waals surface area contributed by atoms with Gasteiger partial charge in [-0.3, -0.25) is 19.2 Å². The van der Waals surface area contributed by atoms with Gasteiger partial charge in [0.15, 0.2) is 17.3 Å². The van der Waals surface area contributed by atoms with Crippen LogP contribution in [0.3, 0.4) is 0 Å². The molecule has 49 heavy (non-hydrogen) atoms. The molecule has 13 heteroatoms. The first-order chi connectivity index (χ1) is 23.4. The molecule has 13 nitrogen and oxygen atoms in total. The average Bonchev–Trinajstić information content (AvgIpc) is 3.08. The summed E-state index contributed by atoms with van der Waals surface area (Å²) < 4.78 is 22.1. The van der Waals surface area contributed by atoms with Crippen molar-refractivity contribution >= 4 is 34.4 Å². The largest absolute Gasteiger partial charge is 0.496 e. The molecule has 0 radical (unpaired) electrons. The predicted molar refractivity (Wildman–Crippen MR) is 173 cm³/mol. The van der Waals surface area contributed by atoms with E-state index in [0.29, 0.717) is 11.3 Å². The lowest BCUT2D eigenvalue weighted by Gasteiger charge is -2.39. The standard InChI is InChI=1S/C36H33NO12/c1-15-9-19-23(39)12-21(30(41)28(19)25(10-15)46-3)27-16(2)11-20-24(40)13-22(31(42)29(20)35(27)47-4)37-17-5-7-18(8-6-17)48-36-34(45)33(44)32(43)26(14-38)49-36/h5-13,26,32-34,36-38,43-45H,14H2,1-4H3/t26-,32-,33+,34+,36+/m1/s1. The van der Waals surface area contributed by atoms with Crippen molar-refractivity contribution in [2.24, 2.45) is 0 Å². The number of methoxy groups -OCH3 is 2. The van der Waals surface area contributed by atoms with Crippen molar-refractivity contribution in [2.75, 3.05) is 26.1 Å². The fraction of sp³-hybridized carbons (Fsp3) is 0.278. The Labute approximate surface area is 280 Å². The Morgan fingerprint density at radius 2 is 1.45 bits per heavy atom. The molecule has 3 aromatic carbocycles. The highest BCUT2D eigenvalue weighted by Crippen LogP contribution is 2.43. The number of anilines is 1. The van der Waals surface area contributed by atoms with Gasteiger partial charge in [0, 0.05) is 34.0 Å². The summed E-state index contributed by atoms with van der Waals surface area (Å²) in [5.74, 6) is -1.62. The Morgan fingerprint density at radius 3 is 2.10 bits per heavy atom. The maximum Gasteiger partial charge on any atom is 0.229 e. The first kappa shape index (κ1) is 33.7. The van der Waals surface area contributed by atoms with E-state index in [9.17, 15) is 39.6 Å². The Balaban J connectivity index is 1.29. The number of allylic oxidation sites excluding steroid dienone is 4. The Kier molecular flexibility index (Phi) is 8.96. The molecule has 5 atom stereocenters. The van der Waals surface area contributed by atoms with Crippen molar-refractivity contribution in [1.82, 2.24) is 0 Å². The number of aliphatic hydroxyl groups excluding tert-OH is 4. The van der Waals surface area contributed by atoms with E-state index >= 15 is 0 Å². The van der Waals surface area contributed by atoms with E-state index in [2.05, 4.69) is 5.32 Å². The van der Waals surface area contributed by atoms with Crippen LogP contribution in [0, 0.1) is 13.8 Å². The van der Waals surface area contributed by atoms with Gasteiger partial charge < -0.3 is 44.7 Å². The summed E-state index contributed by atoms with van der Waals surface area (Å²) in [6.45, 7) is 2.82. The van der Waals surface area contributed by atoms with Gasteiger partial charge in [-0.25, -0.2) is 0 Å². The summed E-state index contributed by atoms with van der Waals surface area (Å²) in [5, 5.41) is 42.6. The summed E-state index contributed by atoms with van der Waals surface area (Å²) in [6.07, 6.45) is -4.93. The zero-order valence-electron chi connectivity index (χ0n) is 26.8. The van der Waals surface area contributed by atoms with Crippen LogP contribution < -0.4 is 19.5 Å². The topological polar surface area (TPSA) is 198 Å². The third-order valence-electron chi connectivity index (χ3n) is 8.68. The second kappa shape index (κ2) is 13.0. The normalized spacial score (nSPS) is 23.3. The Hall–Kier alpha value is -5.18. The summed E-state index contributed by atoms with van der Waals surface area (Å²) in [7, 11) is 2.71. The first-order valence-electron chi connectivity index (χ1n) is 15.2. The number of benzene rings is 3.